The first-order valence-electron chi connectivity index (χ1n) is 9.27. The van der Waals surface area contributed by atoms with Gasteiger partial charge in [0.05, 0.1) is 15.5 Å². The fraction of sp³-hybridized carbons (Fsp3) is 0.300. The Labute approximate surface area is 174 Å². The monoisotopic (exact) mass is 426 g/mol. The number of hydrogen-bond acceptors (Lipinski definition) is 7. The molecule has 3 heterocycles. The topological polar surface area (TPSA) is 67.8 Å². The number of benzene rings is 1. The first-order valence-corrected chi connectivity index (χ1v) is 11.8. The first kappa shape index (κ1) is 18.0. The molecule has 142 valence electrons. The smallest absolute Gasteiger partial charge is 0.239 e. The molecule has 0 radical (unpaired) electrons. The molecule has 1 amide bonds. The van der Waals surface area contributed by atoms with E-state index in [1.54, 1.807) is 17.7 Å². The highest BCUT2D eigenvalue weighted by Gasteiger charge is 2.23. The highest BCUT2D eigenvalue weighted by molar-refractivity contribution is 8.00. The lowest BCUT2D eigenvalue weighted by Crippen LogP contribution is -2.22. The molecule has 5 nitrogen and oxygen atoms in total. The zero-order valence-corrected chi connectivity index (χ0v) is 17.7. The Kier molecular flexibility index (Phi) is 4.78. The van der Waals surface area contributed by atoms with E-state index in [2.05, 4.69) is 20.3 Å². The summed E-state index contributed by atoms with van der Waals surface area (Å²) in [6.07, 6.45) is 6.30. The van der Waals surface area contributed by atoms with Crippen LogP contribution in [0.25, 0.3) is 20.4 Å². The predicted molar refractivity (Wildman–Crippen MR) is 118 cm³/mol. The number of thioether (sulfide) groups is 1. The number of nitrogens with one attached hydrogen (secondary N) is 1. The number of rotatable bonds is 4. The molecular formula is C20H18N4OS3. The van der Waals surface area contributed by atoms with Crippen molar-refractivity contribution in [3.63, 3.8) is 0 Å². The maximum absolute atomic E-state index is 12.8. The number of para-hydroxylation sites is 1. The highest BCUT2D eigenvalue weighted by atomic mass is 32.2. The Morgan fingerprint density at radius 1 is 1.18 bits per heavy atom. The number of thiophene rings is 1. The third-order valence-electron chi connectivity index (χ3n) is 4.90. The minimum atomic E-state index is -0.274. The van der Waals surface area contributed by atoms with Crippen molar-refractivity contribution in [2.45, 2.75) is 42.9 Å². The van der Waals surface area contributed by atoms with Crippen molar-refractivity contribution in [3.05, 3.63) is 41.0 Å². The molecule has 0 saturated carbocycles. The Balaban J connectivity index is 1.38. The maximum atomic E-state index is 12.8. The number of amides is 1. The van der Waals surface area contributed by atoms with Gasteiger partial charge >= 0.3 is 0 Å². The zero-order valence-electron chi connectivity index (χ0n) is 15.3. The molecule has 1 N–H and O–H groups in total. The van der Waals surface area contributed by atoms with E-state index in [1.807, 2.05) is 31.2 Å². The van der Waals surface area contributed by atoms with Crippen molar-refractivity contribution in [2.75, 3.05) is 5.32 Å². The fourth-order valence-corrected chi connectivity index (χ4v) is 6.61. The summed E-state index contributed by atoms with van der Waals surface area (Å²) < 4.78 is 1.07. The number of carbonyl (C=O) groups excluding carboxylic acids is 1. The number of hydrogen-bond donors (Lipinski definition) is 1. The molecule has 4 aromatic rings. The van der Waals surface area contributed by atoms with Gasteiger partial charge in [-0.2, -0.15) is 0 Å². The van der Waals surface area contributed by atoms with Gasteiger partial charge in [-0.15, -0.1) is 11.3 Å². The van der Waals surface area contributed by atoms with Gasteiger partial charge in [0.25, 0.3) is 0 Å². The molecule has 1 unspecified atom stereocenters. The van der Waals surface area contributed by atoms with E-state index in [-0.39, 0.29) is 11.2 Å². The van der Waals surface area contributed by atoms with Crippen molar-refractivity contribution in [1.29, 1.82) is 0 Å². The van der Waals surface area contributed by atoms with Gasteiger partial charge in [0.1, 0.15) is 16.2 Å². The number of aryl methyl sites for hydroxylation is 2. The average Bonchev–Trinajstić information content (AvgIpc) is 3.28. The van der Waals surface area contributed by atoms with E-state index >= 15 is 0 Å². The molecule has 0 fully saturated rings. The van der Waals surface area contributed by atoms with Crippen LogP contribution in [0.2, 0.25) is 0 Å². The lowest BCUT2D eigenvalue weighted by molar-refractivity contribution is -0.115. The minimum absolute atomic E-state index is 0.0556. The molecule has 0 spiro atoms. The third-order valence-corrected chi connectivity index (χ3v) is 8.15. The van der Waals surface area contributed by atoms with Gasteiger partial charge in [-0.25, -0.2) is 15.0 Å². The second-order valence-corrected chi connectivity index (χ2v) is 10.2. The summed E-state index contributed by atoms with van der Waals surface area (Å²) in [7, 11) is 0. The van der Waals surface area contributed by atoms with Gasteiger partial charge in [0, 0.05) is 10.3 Å². The van der Waals surface area contributed by atoms with Gasteiger partial charge < -0.3 is 5.32 Å². The van der Waals surface area contributed by atoms with Gasteiger partial charge in [-0.05, 0) is 50.3 Å². The van der Waals surface area contributed by atoms with E-state index in [0.717, 1.165) is 38.3 Å². The summed E-state index contributed by atoms with van der Waals surface area (Å²) in [4.78, 5) is 28.7. The SMILES string of the molecule is CC(Sc1ncnc2sc3c(c12)CCCC3)C(=O)Nc1nc2ccccc2s1. The molecule has 0 saturated heterocycles. The third kappa shape index (κ3) is 3.29. The number of fused-ring (bicyclic) bond motifs is 4. The molecule has 0 bridgehead atoms. The summed E-state index contributed by atoms with van der Waals surface area (Å²) in [5.41, 5.74) is 2.30. The quantitative estimate of drug-likeness (QED) is 0.354. The molecule has 1 aliphatic carbocycles. The Morgan fingerprint density at radius 2 is 2.04 bits per heavy atom. The van der Waals surface area contributed by atoms with Crippen LogP contribution >= 0.6 is 34.4 Å². The van der Waals surface area contributed by atoms with E-state index in [9.17, 15) is 4.79 Å². The van der Waals surface area contributed by atoms with Crippen LogP contribution < -0.4 is 5.32 Å². The molecule has 3 aromatic heterocycles. The van der Waals surface area contributed by atoms with Crippen LogP contribution in [0.4, 0.5) is 5.13 Å². The van der Waals surface area contributed by atoms with Gasteiger partial charge in [-0.1, -0.05) is 35.2 Å². The molecule has 8 heteroatoms. The molecule has 28 heavy (non-hydrogen) atoms. The van der Waals surface area contributed by atoms with Gasteiger partial charge in [0.15, 0.2) is 5.13 Å². The van der Waals surface area contributed by atoms with Crippen LogP contribution in [-0.4, -0.2) is 26.1 Å². The number of thiazole rings is 1. The van der Waals surface area contributed by atoms with E-state index in [4.69, 9.17) is 0 Å². The van der Waals surface area contributed by atoms with Gasteiger partial charge in [-0.3, -0.25) is 4.79 Å². The zero-order chi connectivity index (χ0) is 19.1. The standard InChI is InChI=1S/C20H18N4OS3/c1-11(17(25)24-20-23-13-7-3-5-9-15(13)28-20)26-18-16-12-6-2-4-8-14(12)27-19(16)22-10-21-18/h3,5,7,9-11H,2,4,6,8H2,1H3,(H,23,24,25). The summed E-state index contributed by atoms with van der Waals surface area (Å²) in [5.74, 6) is -0.0556. The van der Waals surface area contributed by atoms with Crippen LogP contribution in [0.5, 0.6) is 0 Å². The van der Waals surface area contributed by atoms with E-state index in [1.165, 1.54) is 46.4 Å². The summed E-state index contributed by atoms with van der Waals surface area (Å²) in [5, 5.41) is 5.40. The lowest BCUT2D eigenvalue weighted by Gasteiger charge is -2.13. The molecule has 0 aliphatic heterocycles. The van der Waals surface area contributed by atoms with Crippen LogP contribution in [-0.2, 0) is 17.6 Å². The van der Waals surface area contributed by atoms with E-state index in [0.29, 0.717) is 5.13 Å². The molecule has 5 rings (SSSR count). The summed E-state index contributed by atoms with van der Waals surface area (Å²) in [6.45, 7) is 1.92. The normalized spacial score (nSPS) is 14.9. The van der Waals surface area contributed by atoms with Crippen molar-refractivity contribution in [2.24, 2.45) is 0 Å². The highest BCUT2D eigenvalue weighted by Crippen LogP contribution is 2.40. The molecular weight excluding hydrogens is 408 g/mol. The van der Waals surface area contributed by atoms with Crippen LogP contribution in [0.15, 0.2) is 35.6 Å². The largest absolute Gasteiger partial charge is 0.301 e. The van der Waals surface area contributed by atoms with Gasteiger partial charge in [0.2, 0.25) is 5.91 Å². The molecule has 1 atom stereocenters. The van der Waals surface area contributed by atoms with Crippen molar-refractivity contribution >= 4 is 65.9 Å². The van der Waals surface area contributed by atoms with Crippen molar-refractivity contribution in [1.82, 2.24) is 15.0 Å². The Bertz CT molecular complexity index is 1150. The molecule has 1 aliphatic rings. The van der Waals surface area contributed by atoms with Crippen molar-refractivity contribution in [3.8, 4) is 0 Å². The van der Waals surface area contributed by atoms with E-state index < -0.39 is 0 Å². The lowest BCUT2D eigenvalue weighted by atomic mass is 9.97. The Morgan fingerprint density at radius 3 is 2.93 bits per heavy atom. The van der Waals surface area contributed by atoms with Crippen LogP contribution in [0.1, 0.15) is 30.2 Å². The summed E-state index contributed by atoms with van der Waals surface area (Å²) >= 11 is 4.78. The second-order valence-electron chi connectivity index (χ2n) is 6.81. The summed E-state index contributed by atoms with van der Waals surface area (Å²) in [6, 6.07) is 7.90. The second kappa shape index (κ2) is 7.42. The molecule has 1 aromatic carbocycles. The van der Waals surface area contributed by atoms with Crippen molar-refractivity contribution < 1.29 is 4.79 Å². The average molecular weight is 427 g/mol. The maximum Gasteiger partial charge on any atom is 0.239 e. The number of carbonyl (C=O) groups is 1. The number of nitrogens with zero attached hydrogens (tertiary/aromatic N) is 3. The van der Waals surface area contributed by atoms with Crippen LogP contribution in [0, 0.1) is 0 Å². The van der Waals surface area contributed by atoms with Crippen LogP contribution in [0.3, 0.4) is 0 Å². The fourth-order valence-electron chi connectivity index (χ4n) is 3.50. The first-order chi connectivity index (χ1) is 13.7. The number of aromatic nitrogens is 3. The number of anilines is 1. The minimum Gasteiger partial charge on any atom is -0.301 e. The Hall–Kier alpha value is -2.03. The predicted octanol–water partition coefficient (Wildman–Crippen LogP) is 5.30.